The van der Waals surface area contributed by atoms with Crippen molar-refractivity contribution in [3.8, 4) is 5.88 Å². The number of nitrogens with one attached hydrogen (secondary N) is 1. The van der Waals surface area contributed by atoms with E-state index in [1.807, 2.05) is 42.5 Å². The van der Waals surface area contributed by atoms with Crippen molar-refractivity contribution in [3.63, 3.8) is 0 Å². The first kappa shape index (κ1) is 20.3. The Morgan fingerprint density at radius 2 is 1.89 bits per heavy atom. The first-order chi connectivity index (χ1) is 13.7. The van der Waals surface area contributed by atoms with Crippen LogP contribution in [0.4, 0.5) is 0 Å². The number of carbonyl (C=O) groups is 1. The van der Waals surface area contributed by atoms with Crippen LogP contribution < -0.4 is 10.1 Å². The molecule has 1 heterocycles. The minimum Gasteiger partial charge on any atom is -0.474 e. The smallest absolute Gasteiger partial charge is 0.242 e. The predicted octanol–water partition coefficient (Wildman–Crippen LogP) is 4.10. The molecule has 0 saturated heterocycles. The van der Waals surface area contributed by atoms with E-state index in [4.69, 9.17) is 4.74 Å². The van der Waals surface area contributed by atoms with Gasteiger partial charge in [0.1, 0.15) is 12.1 Å². The first-order valence-corrected chi connectivity index (χ1v) is 10.4. The molecule has 0 radical (unpaired) electrons. The summed E-state index contributed by atoms with van der Waals surface area (Å²) in [7, 11) is 0. The van der Waals surface area contributed by atoms with Gasteiger partial charge < -0.3 is 10.1 Å². The summed E-state index contributed by atoms with van der Waals surface area (Å²) in [5.74, 6) is 0.673. The third-order valence-electron chi connectivity index (χ3n) is 5.40. The standard InChI is InChI=1S/C23H31N3O2/c1-3-26(4-2)22(19-10-6-5-7-11-19)23(27)25-17-18-14-15-24-21(16-18)28-20-12-8-9-13-20/h5-7,10-11,14-16,20,22H,3-4,8-9,12-13,17H2,1-2H3,(H,25,27). The highest BCUT2D eigenvalue weighted by Crippen LogP contribution is 2.24. The molecule has 1 aliphatic carbocycles. The highest BCUT2D eigenvalue weighted by molar-refractivity contribution is 5.83. The molecule has 1 atom stereocenters. The maximum absolute atomic E-state index is 13.0. The molecule has 28 heavy (non-hydrogen) atoms. The summed E-state index contributed by atoms with van der Waals surface area (Å²) < 4.78 is 5.98. The summed E-state index contributed by atoms with van der Waals surface area (Å²) in [6.45, 7) is 6.27. The second-order valence-electron chi connectivity index (χ2n) is 7.28. The third kappa shape index (κ3) is 5.32. The van der Waals surface area contributed by atoms with Crippen LogP contribution in [0.5, 0.6) is 5.88 Å². The summed E-state index contributed by atoms with van der Waals surface area (Å²) in [5.41, 5.74) is 2.02. The Morgan fingerprint density at radius 1 is 1.18 bits per heavy atom. The van der Waals surface area contributed by atoms with Crippen molar-refractivity contribution >= 4 is 5.91 Å². The van der Waals surface area contributed by atoms with Crippen molar-refractivity contribution in [2.24, 2.45) is 0 Å². The fraction of sp³-hybridized carbons (Fsp3) is 0.478. The number of ether oxygens (including phenoxy) is 1. The Bertz CT molecular complexity index is 741. The Morgan fingerprint density at radius 3 is 2.57 bits per heavy atom. The van der Waals surface area contributed by atoms with Crippen molar-refractivity contribution in [2.75, 3.05) is 13.1 Å². The number of hydrogen-bond acceptors (Lipinski definition) is 4. The molecule has 1 fully saturated rings. The lowest BCUT2D eigenvalue weighted by molar-refractivity contribution is -0.126. The molecule has 5 heteroatoms. The molecule has 1 unspecified atom stereocenters. The van der Waals surface area contributed by atoms with E-state index < -0.39 is 0 Å². The minimum atomic E-state index is -0.285. The molecule has 1 saturated carbocycles. The van der Waals surface area contributed by atoms with Crippen LogP contribution in [0.25, 0.3) is 0 Å². The average Bonchev–Trinajstić information content (AvgIpc) is 3.24. The largest absolute Gasteiger partial charge is 0.474 e. The first-order valence-electron chi connectivity index (χ1n) is 10.4. The second kappa shape index (κ2) is 10.2. The quantitative estimate of drug-likeness (QED) is 0.710. The molecular formula is C23H31N3O2. The van der Waals surface area contributed by atoms with E-state index in [-0.39, 0.29) is 18.1 Å². The van der Waals surface area contributed by atoms with Gasteiger partial charge in [0.15, 0.2) is 0 Å². The molecule has 5 nitrogen and oxygen atoms in total. The fourth-order valence-electron chi connectivity index (χ4n) is 3.84. The molecule has 1 aromatic heterocycles. The number of pyridine rings is 1. The lowest BCUT2D eigenvalue weighted by atomic mass is 10.0. The van der Waals surface area contributed by atoms with Crippen LogP contribution in [0.2, 0.25) is 0 Å². The third-order valence-corrected chi connectivity index (χ3v) is 5.40. The van der Waals surface area contributed by atoms with Crippen LogP contribution >= 0.6 is 0 Å². The number of nitrogens with zero attached hydrogens (tertiary/aromatic N) is 2. The van der Waals surface area contributed by atoms with Gasteiger partial charge in [-0.25, -0.2) is 4.98 Å². The maximum atomic E-state index is 13.0. The van der Waals surface area contributed by atoms with E-state index in [0.717, 1.165) is 37.1 Å². The van der Waals surface area contributed by atoms with Crippen LogP contribution in [0.3, 0.4) is 0 Å². The number of likely N-dealkylation sites (N-methyl/N-ethyl adjacent to an activating group) is 1. The van der Waals surface area contributed by atoms with Crippen molar-refractivity contribution in [2.45, 2.75) is 58.2 Å². The van der Waals surface area contributed by atoms with Crippen LogP contribution in [-0.2, 0) is 11.3 Å². The van der Waals surface area contributed by atoms with Crippen molar-refractivity contribution in [1.29, 1.82) is 0 Å². The minimum absolute atomic E-state index is 0.0185. The van der Waals surface area contributed by atoms with Gasteiger partial charge >= 0.3 is 0 Å². The average molecular weight is 382 g/mol. The van der Waals surface area contributed by atoms with Gasteiger partial charge in [-0.3, -0.25) is 9.69 Å². The zero-order valence-electron chi connectivity index (χ0n) is 16.9. The molecule has 0 bridgehead atoms. The van der Waals surface area contributed by atoms with E-state index in [2.05, 4.69) is 29.0 Å². The summed E-state index contributed by atoms with van der Waals surface area (Å²) >= 11 is 0. The highest BCUT2D eigenvalue weighted by Gasteiger charge is 2.25. The van der Waals surface area contributed by atoms with Gasteiger partial charge in [0.2, 0.25) is 11.8 Å². The van der Waals surface area contributed by atoms with Gasteiger partial charge in [0, 0.05) is 18.8 Å². The Kier molecular flexibility index (Phi) is 7.43. The van der Waals surface area contributed by atoms with Gasteiger partial charge in [-0.15, -0.1) is 0 Å². The van der Waals surface area contributed by atoms with Gasteiger partial charge in [-0.05, 0) is 56.0 Å². The van der Waals surface area contributed by atoms with E-state index in [1.54, 1.807) is 6.20 Å². The van der Waals surface area contributed by atoms with Gasteiger partial charge in [-0.1, -0.05) is 44.2 Å². The molecule has 1 aliphatic rings. The van der Waals surface area contributed by atoms with Crippen molar-refractivity contribution in [3.05, 3.63) is 59.8 Å². The molecule has 150 valence electrons. The zero-order chi connectivity index (χ0) is 19.8. The maximum Gasteiger partial charge on any atom is 0.242 e. The SMILES string of the molecule is CCN(CC)C(C(=O)NCc1ccnc(OC2CCCC2)c1)c1ccccc1. The molecule has 1 N–H and O–H groups in total. The van der Waals surface area contributed by atoms with Crippen LogP contribution in [0, 0.1) is 0 Å². The van der Waals surface area contributed by atoms with E-state index in [0.29, 0.717) is 12.4 Å². The molecule has 3 rings (SSSR count). The topological polar surface area (TPSA) is 54.5 Å². The Hall–Kier alpha value is -2.40. The van der Waals surface area contributed by atoms with Crippen LogP contribution in [0.1, 0.15) is 56.7 Å². The van der Waals surface area contributed by atoms with Crippen molar-refractivity contribution < 1.29 is 9.53 Å². The molecule has 2 aromatic rings. The summed E-state index contributed by atoms with van der Waals surface area (Å²) in [6, 6.07) is 13.6. The van der Waals surface area contributed by atoms with Crippen molar-refractivity contribution in [1.82, 2.24) is 15.2 Å². The fourth-order valence-corrected chi connectivity index (χ4v) is 3.84. The van der Waals surface area contributed by atoms with Crippen LogP contribution in [-0.4, -0.2) is 35.0 Å². The summed E-state index contributed by atoms with van der Waals surface area (Å²) in [6.07, 6.45) is 6.70. The molecule has 1 amide bonds. The number of carbonyl (C=O) groups excluding carboxylic acids is 1. The highest BCUT2D eigenvalue weighted by atomic mass is 16.5. The van der Waals surface area contributed by atoms with Gasteiger partial charge in [-0.2, -0.15) is 0 Å². The van der Waals surface area contributed by atoms with Gasteiger partial charge in [0.05, 0.1) is 0 Å². The van der Waals surface area contributed by atoms with Gasteiger partial charge in [0.25, 0.3) is 0 Å². The number of amides is 1. The zero-order valence-corrected chi connectivity index (χ0v) is 16.9. The molecular weight excluding hydrogens is 350 g/mol. The van der Waals surface area contributed by atoms with E-state index >= 15 is 0 Å². The second-order valence-corrected chi connectivity index (χ2v) is 7.28. The number of hydrogen-bond donors (Lipinski definition) is 1. The molecule has 0 aliphatic heterocycles. The van der Waals surface area contributed by atoms with E-state index in [9.17, 15) is 4.79 Å². The number of benzene rings is 1. The normalized spacial score (nSPS) is 15.5. The van der Waals surface area contributed by atoms with Crippen LogP contribution in [0.15, 0.2) is 48.7 Å². The lowest BCUT2D eigenvalue weighted by Crippen LogP contribution is -2.40. The number of rotatable bonds is 9. The Labute approximate surface area is 168 Å². The molecule has 0 spiro atoms. The predicted molar refractivity (Wildman–Crippen MR) is 111 cm³/mol. The summed E-state index contributed by atoms with van der Waals surface area (Å²) in [4.78, 5) is 19.5. The number of aromatic nitrogens is 1. The molecule has 1 aromatic carbocycles. The van der Waals surface area contributed by atoms with E-state index in [1.165, 1.54) is 12.8 Å². The lowest BCUT2D eigenvalue weighted by Gasteiger charge is -2.29. The monoisotopic (exact) mass is 381 g/mol. The summed E-state index contributed by atoms with van der Waals surface area (Å²) in [5, 5.41) is 3.10. The Balaban J connectivity index is 1.65.